The van der Waals surface area contributed by atoms with Crippen molar-refractivity contribution < 1.29 is 9.53 Å². The molecule has 86 valence electrons. The maximum atomic E-state index is 11.7. The van der Waals surface area contributed by atoms with Crippen LogP contribution in [0.15, 0.2) is 18.3 Å². The standard InChI is InChI=1S/C11H15N3O2/c1-16-9-4-8(5-9)14-11(15)7-2-3-10(12)13-6-7/h2-3,6,8-9H,4-5H2,1H3,(H2,12,13)(H,14,15). The highest BCUT2D eigenvalue weighted by atomic mass is 16.5. The van der Waals surface area contributed by atoms with E-state index < -0.39 is 0 Å². The average molecular weight is 221 g/mol. The molecule has 0 spiro atoms. The summed E-state index contributed by atoms with van der Waals surface area (Å²) in [5, 5.41) is 2.92. The number of rotatable bonds is 3. The Kier molecular flexibility index (Phi) is 3.05. The number of nitrogen functional groups attached to an aromatic ring is 1. The third kappa shape index (κ3) is 2.30. The third-order valence-corrected chi connectivity index (χ3v) is 2.81. The lowest BCUT2D eigenvalue weighted by molar-refractivity contribution is 0.0176. The minimum atomic E-state index is -0.105. The first-order valence-electron chi connectivity index (χ1n) is 5.24. The van der Waals surface area contributed by atoms with Crippen LogP contribution in [0.3, 0.4) is 0 Å². The predicted octanol–water partition coefficient (Wildman–Crippen LogP) is 0.571. The van der Waals surface area contributed by atoms with E-state index in [1.807, 2.05) is 0 Å². The van der Waals surface area contributed by atoms with Crippen LogP contribution in [0.2, 0.25) is 0 Å². The molecule has 1 aliphatic rings. The van der Waals surface area contributed by atoms with Gasteiger partial charge in [0.1, 0.15) is 5.82 Å². The molecule has 1 fully saturated rings. The van der Waals surface area contributed by atoms with Gasteiger partial charge in [0.25, 0.3) is 5.91 Å². The molecule has 1 aliphatic carbocycles. The van der Waals surface area contributed by atoms with Gasteiger partial charge >= 0.3 is 0 Å². The molecule has 5 nitrogen and oxygen atoms in total. The molecule has 1 aromatic heterocycles. The SMILES string of the molecule is COC1CC(NC(=O)c2ccc(N)nc2)C1. The summed E-state index contributed by atoms with van der Waals surface area (Å²) in [5.74, 6) is 0.312. The third-order valence-electron chi connectivity index (χ3n) is 2.81. The lowest BCUT2D eigenvalue weighted by Crippen LogP contribution is -2.47. The van der Waals surface area contributed by atoms with Crippen LogP contribution < -0.4 is 11.1 Å². The highest BCUT2D eigenvalue weighted by Gasteiger charge is 2.30. The van der Waals surface area contributed by atoms with Gasteiger partial charge in [-0.15, -0.1) is 0 Å². The Morgan fingerprint density at radius 3 is 2.88 bits per heavy atom. The molecule has 1 amide bonds. The predicted molar refractivity (Wildman–Crippen MR) is 59.9 cm³/mol. The maximum absolute atomic E-state index is 11.7. The molecule has 2 rings (SSSR count). The summed E-state index contributed by atoms with van der Waals surface area (Å²) < 4.78 is 5.14. The minimum Gasteiger partial charge on any atom is -0.384 e. The normalized spacial score (nSPS) is 23.6. The van der Waals surface area contributed by atoms with E-state index in [1.165, 1.54) is 6.20 Å². The number of pyridine rings is 1. The molecule has 1 aromatic rings. The Labute approximate surface area is 94.0 Å². The second kappa shape index (κ2) is 4.49. The molecule has 1 saturated carbocycles. The fourth-order valence-corrected chi connectivity index (χ4v) is 1.68. The number of hydrogen-bond donors (Lipinski definition) is 2. The fraction of sp³-hybridized carbons (Fsp3) is 0.455. The number of nitrogens with one attached hydrogen (secondary N) is 1. The molecule has 5 heteroatoms. The number of nitrogens with zero attached hydrogens (tertiary/aromatic N) is 1. The Morgan fingerprint density at radius 2 is 2.31 bits per heavy atom. The largest absolute Gasteiger partial charge is 0.384 e. The first-order chi connectivity index (χ1) is 7.69. The Balaban J connectivity index is 1.87. The molecule has 0 unspecified atom stereocenters. The number of aromatic nitrogens is 1. The van der Waals surface area contributed by atoms with Crippen molar-refractivity contribution in [3.8, 4) is 0 Å². The highest BCUT2D eigenvalue weighted by molar-refractivity contribution is 5.94. The first kappa shape index (κ1) is 10.9. The average Bonchev–Trinajstić information content (AvgIpc) is 2.23. The van der Waals surface area contributed by atoms with Crippen molar-refractivity contribution in [1.82, 2.24) is 10.3 Å². The molecule has 1 heterocycles. The summed E-state index contributed by atoms with van der Waals surface area (Å²) >= 11 is 0. The van der Waals surface area contributed by atoms with Crippen molar-refractivity contribution in [3.05, 3.63) is 23.9 Å². The molecular weight excluding hydrogens is 206 g/mol. The fourth-order valence-electron chi connectivity index (χ4n) is 1.68. The number of carbonyl (C=O) groups excluding carboxylic acids is 1. The van der Waals surface area contributed by atoms with Crippen LogP contribution in [0.25, 0.3) is 0 Å². The number of nitrogens with two attached hydrogens (primary N) is 1. The molecule has 0 aliphatic heterocycles. The van der Waals surface area contributed by atoms with Gasteiger partial charge in [0.15, 0.2) is 0 Å². The number of hydrogen-bond acceptors (Lipinski definition) is 4. The number of methoxy groups -OCH3 is 1. The van der Waals surface area contributed by atoms with E-state index in [9.17, 15) is 4.79 Å². The molecule has 0 atom stereocenters. The minimum absolute atomic E-state index is 0.105. The van der Waals surface area contributed by atoms with Gasteiger partial charge in [-0.2, -0.15) is 0 Å². The second-order valence-electron chi connectivity index (χ2n) is 3.97. The van der Waals surface area contributed by atoms with Gasteiger partial charge in [-0.05, 0) is 25.0 Å². The van der Waals surface area contributed by atoms with Crippen molar-refractivity contribution in [1.29, 1.82) is 0 Å². The lowest BCUT2D eigenvalue weighted by Gasteiger charge is -2.34. The maximum Gasteiger partial charge on any atom is 0.253 e. The van der Waals surface area contributed by atoms with Crippen LogP contribution in [-0.4, -0.2) is 30.1 Å². The zero-order valence-electron chi connectivity index (χ0n) is 9.14. The van der Waals surface area contributed by atoms with E-state index in [0.717, 1.165) is 12.8 Å². The Bertz CT molecular complexity index is 371. The van der Waals surface area contributed by atoms with E-state index in [2.05, 4.69) is 10.3 Å². The van der Waals surface area contributed by atoms with Crippen molar-refractivity contribution >= 4 is 11.7 Å². The zero-order chi connectivity index (χ0) is 11.5. The number of carbonyl (C=O) groups is 1. The van der Waals surface area contributed by atoms with E-state index in [-0.39, 0.29) is 18.1 Å². The van der Waals surface area contributed by atoms with Gasteiger partial charge in [0, 0.05) is 19.3 Å². The summed E-state index contributed by atoms with van der Waals surface area (Å²) in [6, 6.07) is 3.51. The summed E-state index contributed by atoms with van der Waals surface area (Å²) in [6.45, 7) is 0. The first-order valence-corrected chi connectivity index (χ1v) is 5.24. The molecule has 16 heavy (non-hydrogen) atoms. The summed E-state index contributed by atoms with van der Waals surface area (Å²) in [5.41, 5.74) is 5.98. The quantitative estimate of drug-likeness (QED) is 0.782. The Morgan fingerprint density at radius 1 is 1.56 bits per heavy atom. The van der Waals surface area contributed by atoms with Crippen molar-refractivity contribution in [2.75, 3.05) is 12.8 Å². The van der Waals surface area contributed by atoms with Crippen LogP contribution in [0.5, 0.6) is 0 Å². The van der Waals surface area contributed by atoms with Gasteiger partial charge in [-0.25, -0.2) is 4.98 Å². The zero-order valence-corrected chi connectivity index (χ0v) is 9.14. The molecule has 0 radical (unpaired) electrons. The van der Waals surface area contributed by atoms with Crippen LogP contribution in [-0.2, 0) is 4.74 Å². The molecule has 0 saturated heterocycles. The number of anilines is 1. The van der Waals surface area contributed by atoms with E-state index in [1.54, 1.807) is 19.2 Å². The van der Waals surface area contributed by atoms with E-state index in [4.69, 9.17) is 10.5 Å². The van der Waals surface area contributed by atoms with Gasteiger partial charge in [0.05, 0.1) is 11.7 Å². The van der Waals surface area contributed by atoms with Gasteiger partial charge < -0.3 is 15.8 Å². The van der Waals surface area contributed by atoms with E-state index in [0.29, 0.717) is 11.4 Å². The van der Waals surface area contributed by atoms with Crippen molar-refractivity contribution in [2.45, 2.75) is 25.0 Å². The van der Waals surface area contributed by atoms with Crippen molar-refractivity contribution in [3.63, 3.8) is 0 Å². The number of amides is 1. The van der Waals surface area contributed by atoms with Gasteiger partial charge in [-0.1, -0.05) is 0 Å². The summed E-state index contributed by atoms with van der Waals surface area (Å²) in [4.78, 5) is 15.6. The monoisotopic (exact) mass is 221 g/mol. The summed E-state index contributed by atoms with van der Waals surface area (Å²) in [6.07, 6.45) is 3.53. The lowest BCUT2D eigenvalue weighted by atomic mass is 9.89. The molecule has 0 aromatic carbocycles. The van der Waals surface area contributed by atoms with Gasteiger partial charge in [0.2, 0.25) is 0 Å². The van der Waals surface area contributed by atoms with E-state index >= 15 is 0 Å². The molecular formula is C11H15N3O2. The van der Waals surface area contributed by atoms with Crippen LogP contribution in [0.4, 0.5) is 5.82 Å². The topological polar surface area (TPSA) is 77.2 Å². The van der Waals surface area contributed by atoms with Crippen LogP contribution in [0.1, 0.15) is 23.2 Å². The number of ether oxygens (including phenoxy) is 1. The van der Waals surface area contributed by atoms with Crippen LogP contribution >= 0.6 is 0 Å². The molecule has 0 bridgehead atoms. The van der Waals surface area contributed by atoms with Crippen molar-refractivity contribution in [2.24, 2.45) is 0 Å². The second-order valence-corrected chi connectivity index (χ2v) is 3.97. The molecule has 3 N–H and O–H groups in total. The summed E-state index contributed by atoms with van der Waals surface area (Å²) in [7, 11) is 1.69. The Hall–Kier alpha value is -1.62. The highest BCUT2D eigenvalue weighted by Crippen LogP contribution is 2.22. The van der Waals surface area contributed by atoms with Crippen LogP contribution in [0, 0.1) is 0 Å². The smallest absolute Gasteiger partial charge is 0.253 e. The van der Waals surface area contributed by atoms with Gasteiger partial charge in [-0.3, -0.25) is 4.79 Å².